The predicted molar refractivity (Wildman–Crippen MR) is 86.9 cm³/mol. The lowest BCUT2D eigenvalue weighted by Gasteiger charge is -2.11. The Hall–Kier alpha value is -0.670. The van der Waals surface area contributed by atoms with E-state index >= 15 is 0 Å². The first kappa shape index (κ1) is 14.3. The molecular formula is C16H15Cl2NS. The van der Waals surface area contributed by atoms with Crippen LogP contribution in [0.4, 0.5) is 0 Å². The molecule has 2 aromatic carbocycles. The van der Waals surface area contributed by atoms with Gasteiger partial charge in [-0.1, -0.05) is 53.2 Å². The van der Waals surface area contributed by atoms with E-state index in [1.807, 2.05) is 18.2 Å². The third kappa shape index (κ3) is 3.70. The highest BCUT2D eigenvalue weighted by Crippen LogP contribution is 2.36. The first-order valence-corrected chi connectivity index (χ1v) is 8.24. The molecule has 1 saturated carbocycles. The Morgan fingerprint density at radius 2 is 1.85 bits per heavy atom. The topological polar surface area (TPSA) is 12.0 Å². The van der Waals surface area contributed by atoms with Crippen LogP contribution in [-0.4, -0.2) is 6.04 Å². The van der Waals surface area contributed by atoms with Gasteiger partial charge in [-0.25, -0.2) is 0 Å². The molecule has 0 radical (unpaired) electrons. The Morgan fingerprint density at radius 1 is 1.05 bits per heavy atom. The summed E-state index contributed by atoms with van der Waals surface area (Å²) >= 11 is 14.0. The maximum atomic E-state index is 6.24. The Bertz CT molecular complexity index is 611. The molecule has 0 unspecified atom stereocenters. The van der Waals surface area contributed by atoms with Crippen molar-refractivity contribution in [3.8, 4) is 0 Å². The third-order valence-electron chi connectivity index (χ3n) is 3.24. The third-order valence-corrected chi connectivity index (χ3v) is 5.10. The molecule has 0 amide bonds. The summed E-state index contributed by atoms with van der Waals surface area (Å²) in [7, 11) is 0. The number of halogens is 2. The van der Waals surface area contributed by atoms with E-state index in [0.29, 0.717) is 11.1 Å². The average Bonchev–Trinajstić information content (AvgIpc) is 3.26. The Morgan fingerprint density at radius 3 is 2.65 bits per heavy atom. The van der Waals surface area contributed by atoms with Gasteiger partial charge in [-0.3, -0.25) is 0 Å². The molecule has 0 aliphatic heterocycles. The van der Waals surface area contributed by atoms with Crippen LogP contribution in [0.25, 0.3) is 0 Å². The van der Waals surface area contributed by atoms with Crippen LogP contribution in [0.3, 0.4) is 0 Å². The van der Waals surface area contributed by atoms with Crippen LogP contribution in [0, 0.1) is 0 Å². The summed E-state index contributed by atoms with van der Waals surface area (Å²) in [5.41, 5.74) is 1.31. The molecule has 1 aliphatic rings. The summed E-state index contributed by atoms with van der Waals surface area (Å²) in [6.07, 6.45) is 2.60. The molecule has 1 N–H and O–H groups in total. The summed E-state index contributed by atoms with van der Waals surface area (Å²) in [5, 5.41) is 5.01. The number of hydrogen-bond acceptors (Lipinski definition) is 2. The van der Waals surface area contributed by atoms with Gasteiger partial charge in [-0.15, -0.1) is 0 Å². The molecule has 2 aromatic rings. The van der Waals surface area contributed by atoms with Crippen molar-refractivity contribution in [2.24, 2.45) is 0 Å². The van der Waals surface area contributed by atoms with Crippen molar-refractivity contribution in [3.05, 3.63) is 58.1 Å². The van der Waals surface area contributed by atoms with Crippen molar-refractivity contribution in [2.45, 2.75) is 35.2 Å². The molecule has 0 atom stereocenters. The second-order valence-corrected chi connectivity index (χ2v) is 6.87. The minimum absolute atomic E-state index is 0.711. The number of benzene rings is 2. The number of hydrogen-bond donors (Lipinski definition) is 1. The molecule has 0 saturated heterocycles. The fourth-order valence-corrected chi connectivity index (χ4v) is 3.44. The van der Waals surface area contributed by atoms with Crippen LogP contribution in [0.5, 0.6) is 0 Å². The number of nitrogens with one attached hydrogen (secondary N) is 1. The van der Waals surface area contributed by atoms with E-state index in [-0.39, 0.29) is 0 Å². The molecule has 0 bridgehead atoms. The Balaban J connectivity index is 1.80. The largest absolute Gasteiger partial charge is 0.310 e. The Kier molecular flexibility index (Phi) is 4.57. The van der Waals surface area contributed by atoms with Gasteiger partial charge in [0.25, 0.3) is 0 Å². The summed E-state index contributed by atoms with van der Waals surface area (Å²) in [4.78, 5) is 2.22. The van der Waals surface area contributed by atoms with E-state index in [2.05, 4.69) is 29.6 Å². The van der Waals surface area contributed by atoms with Crippen molar-refractivity contribution in [3.63, 3.8) is 0 Å². The van der Waals surface area contributed by atoms with E-state index in [1.165, 1.54) is 23.3 Å². The molecule has 4 heteroatoms. The van der Waals surface area contributed by atoms with Gasteiger partial charge in [0, 0.05) is 27.4 Å². The van der Waals surface area contributed by atoms with Gasteiger partial charge in [0.05, 0.1) is 5.02 Å². The van der Waals surface area contributed by atoms with Gasteiger partial charge in [0.2, 0.25) is 0 Å². The second kappa shape index (κ2) is 6.40. The molecule has 1 aliphatic carbocycles. The van der Waals surface area contributed by atoms with E-state index in [0.717, 1.165) is 16.5 Å². The lowest BCUT2D eigenvalue weighted by molar-refractivity contribution is 0.680. The van der Waals surface area contributed by atoms with Gasteiger partial charge in [0.1, 0.15) is 0 Å². The molecule has 0 aromatic heterocycles. The zero-order chi connectivity index (χ0) is 13.9. The molecule has 0 heterocycles. The zero-order valence-electron chi connectivity index (χ0n) is 10.9. The smallest absolute Gasteiger partial charge is 0.0546 e. The molecule has 20 heavy (non-hydrogen) atoms. The maximum Gasteiger partial charge on any atom is 0.0546 e. The first-order chi connectivity index (χ1) is 9.72. The van der Waals surface area contributed by atoms with Crippen LogP contribution >= 0.6 is 35.0 Å². The van der Waals surface area contributed by atoms with Crippen molar-refractivity contribution in [2.75, 3.05) is 0 Å². The summed E-state index contributed by atoms with van der Waals surface area (Å²) in [5.74, 6) is 0. The summed E-state index contributed by atoms with van der Waals surface area (Å²) < 4.78 is 0. The second-order valence-electron chi connectivity index (χ2n) is 4.94. The SMILES string of the molecule is Clc1ccc(Cl)c(Sc2ccccc2CNC2CC2)c1. The van der Waals surface area contributed by atoms with E-state index in [1.54, 1.807) is 11.8 Å². The van der Waals surface area contributed by atoms with E-state index in [4.69, 9.17) is 23.2 Å². The lowest BCUT2D eigenvalue weighted by atomic mass is 10.2. The molecule has 3 rings (SSSR count). The fraction of sp³-hybridized carbons (Fsp3) is 0.250. The summed E-state index contributed by atoms with van der Waals surface area (Å²) in [6.45, 7) is 0.909. The van der Waals surface area contributed by atoms with Gasteiger partial charge >= 0.3 is 0 Å². The zero-order valence-corrected chi connectivity index (χ0v) is 13.2. The highest BCUT2D eigenvalue weighted by molar-refractivity contribution is 7.99. The normalized spacial score (nSPS) is 14.5. The van der Waals surface area contributed by atoms with Crippen LogP contribution < -0.4 is 5.32 Å². The quantitative estimate of drug-likeness (QED) is 0.790. The van der Waals surface area contributed by atoms with Gasteiger partial charge in [0.15, 0.2) is 0 Å². The van der Waals surface area contributed by atoms with Crippen LogP contribution in [0.1, 0.15) is 18.4 Å². The van der Waals surface area contributed by atoms with Gasteiger partial charge in [-0.05, 0) is 42.7 Å². The van der Waals surface area contributed by atoms with Crippen molar-refractivity contribution in [1.82, 2.24) is 5.32 Å². The number of rotatable bonds is 5. The standard InChI is InChI=1S/C16H15Cl2NS/c17-12-5-8-14(18)16(9-12)20-15-4-2-1-3-11(15)10-19-13-6-7-13/h1-5,8-9,13,19H,6-7,10H2. The lowest BCUT2D eigenvalue weighted by Crippen LogP contribution is -2.15. The molecule has 1 nitrogen and oxygen atoms in total. The van der Waals surface area contributed by atoms with Crippen LogP contribution in [0.2, 0.25) is 10.0 Å². The predicted octanol–water partition coefficient (Wildman–Crippen LogP) is 5.40. The minimum atomic E-state index is 0.711. The van der Waals surface area contributed by atoms with Crippen molar-refractivity contribution >= 4 is 35.0 Å². The highest BCUT2D eigenvalue weighted by atomic mass is 35.5. The highest BCUT2D eigenvalue weighted by Gasteiger charge is 2.20. The molecule has 104 valence electrons. The maximum absolute atomic E-state index is 6.24. The first-order valence-electron chi connectivity index (χ1n) is 6.66. The summed E-state index contributed by atoms with van der Waals surface area (Å²) in [6, 6.07) is 14.7. The fourth-order valence-electron chi connectivity index (χ4n) is 1.97. The monoisotopic (exact) mass is 323 g/mol. The van der Waals surface area contributed by atoms with Crippen LogP contribution in [-0.2, 0) is 6.54 Å². The molecule has 1 fully saturated rings. The van der Waals surface area contributed by atoms with Crippen molar-refractivity contribution in [1.29, 1.82) is 0 Å². The molecular weight excluding hydrogens is 309 g/mol. The minimum Gasteiger partial charge on any atom is -0.310 e. The van der Waals surface area contributed by atoms with Gasteiger partial charge < -0.3 is 5.32 Å². The van der Waals surface area contributed by atoms with E-state index in [9.17, 15) is 0 Å². The van der Waals surface area contributed by atoms with Crippen molar-refractivity contribution < 1.29 is 0 Å². The van der Waals surface area contributed by atoms with Gasteiger partial charge in [-0.2, -0.15) is 0 Å². The van der Waals surface area contributed by atoms with Crippen LogP contribution in [0.15, 0.2) is 52.3 Å². The Labute approximate surface area is 133 Å². The van der Waals surface area contributed by atoms with E-state index < -0.39 is 0 Å². The average molecular weight is 324 g/mol. The molecule has 0 spiro atoms.